The third-order valence-corrected chi connectivity index (χ3v) is 5.07. The zero-order valence-corrected chi connectivity index (χ0v) is 16.3. The first-order valence-corrected chi connectivity index (χ1v) is 8.89. The Kier molecular flexibility index (Phi) is 4.63. The van der Waals surface area contributed by atoms with E-state index in [-0.39, 0.29) is 22.5 Å². The van der Waals surface area contributed by atoms with Crippen LogP contribution in [0.25, 0.3) is 5.70 Å². The van der Waals surface area contributed by atoms with E-state index in [1.807, 2.05) is 0 Å². The number of nitrogens with one attached hydrogen (secondary N) is 1. The lowest BCUT2D eigenvalue weighted by Crippen LogP contribution is -2.35. The number of fused-ring (bicyclic) bond motifs is 1. The number of hydrogen-bond acceptors (Lipinski definition) is 8. The summed E-state index contributed by atoms with van der Waals surface area (Å²) in [7, 11) is 2.99. The summed E-state index contributed by atoms with van der Waals surface area (Å²) >= 11 is 0. The molecule has 0 bridgehead atoms. The number of hydrogen-bond donors (Lipinski definition) is 1. The maximum absolute atomic E-state index is 13.2. The highest BCUT2D eigenvalue weighted by atomic mass is 16.7. The van der Waals surface area contributed by atoms with Crippen LogP contribution in [-0.4, -0.2) is 37.1 Å². The fraction of sp³-hybridized carbons (Fsp3) is 0.200. The number of rotatable bonds is 5. The van der Waals surface area contributed by atoms with Crippen LogP contribution in [0.3, 0.4) is 0 Å². The molecule has 0 aromatic heterocycles. The minimum absolute atomic E-state index is 0.123. The molecule has 30 heavy (non-hydrogen) atoms. The Balaban J connectivity index is 1.81. The van der Waals surface area contributed by atoms with E-state index < -0.39 is 22.8 Å². The average Bonchev–Trinajstić information content (AvgIpc) is 3.28. The van der Waals surface area contributed by atoms with Crippen molar-refractivity contribution in [3.8, 4) is 11.5 Å². The van der Waals surface area contributed by atoms with Crippen LogP contribution in [-0.2, 0) is 14.4 Å². The van der Waals surface area contributed by atoms with E-state index in [0.29, 0.717) is 22.8 Å². The third kappa shape index (κ3) is 2.77. The number of nitro groups is 1. The van der Waals surface area contributed by atoms with Gasteiger partial charge in [-0.05, 0) is 31.2 Å². The fourth-order valence-electron chi connectivity index (χ4n) is 3.58. The maximum atomic E-state index is 13.2. The van der Waals surface area contributed by atoms with Gasteiger partial charge in [-0.2, -0.15) is 0 Å². The first kappa shape index (κ1) is 19.4. The molecule has 2 heterocycles. The van der Waals surface area contributed by atoms with Gasteiger partial charge in [-0.15, -0.1) is 0 Å². The molecule has 10 nitrogen and oxygen atoms in total. The lowest BCUT2D eigenvalue weighted by atomic mass is 10.0. The number of nitrogens with zero attached hydrogens (tertiary/aromatic N) is 2. The van der Waals surface area contributed by atoms with E-state index in [1.165, 1.54) is 39.3 Å². The van der Waals surface area contributed by atoms with E-state index in [4.69, 9.17) is 14.3 Å². The Morgan fingerprint density at radius 1 is 1.13 bits per heavy atom. The average molecular weight is 411 g/mol. The van der Waals surface area contributed by atoms with Gasteiger partial charge in [0.05, 0.1) is 41.7 Å². The number of anilines is 1. The Labute approximate surface area is 170 Å². The van der Waals surface area contributed by atoms with Crippen molar-refractivity contribution >= 4 is 28.9 Å². The first-order valence-electron chi connectivity index (χ1n) is 8.89. The molecule has 4 rings (SSSR count). The molecular formula is C20H17N3O7. The second-order valence-corrected chi connectivity index (χ2v) is 6.62. The second kappa shape index (κ2) is 7.16. The molecule has 2 aliphatic heterocycles. The lowest BCUT2D eigenvalue weighted by Gasteiger charge is -2.18. The van der Waals surface area contributed by atoms with Gasteiger partial charge in [0.25, 0.3) is 17.5 Å². The smallest absolute Gasteiger partial charge is 0.274 e. The van der Waals surface area contributed by atoms with Crippen LogP contribution >= 0.6 is 0 Å². The van der Waals surface area contributed by atoms with Gasteiger partial charge in [0, 0.05) is 11.6 Å². The number of hydroxylamine groups is 1. The molecule has 2 aromatic rings. The number of ether oxygens (including phenoxy) is 2. The molecule has 0 saturated carbocycles. The number of carbonyl (C=O) groups is 2. The Bertz CT molecular complexity index is 1130. The van der Waals surface area contributed by atoms with Crippen molar-refractivity contribution in [2.45, 2.75) is 13.0 Å². The van der Waals surface area contributed by atoms with Crippen LogP contribution in [0.5, 0.6) is 11.5 Å². The predicted octanol–water partition coefficient (Wildman–Crippen LogP) is 2.11. The zero-order valence-electron chi connectivity index (χ0n) is 16.3. The van der Waals surface area contributed by atoms with Gasteiger partial charge in [0.15, 0.2) is 17.6 Å². The van der Waals surface area contributed by atoms with Gasteiger partial charge < -0.3 is 9.47 Å². The van der Waals surface area contributed by atoms with E-state index in [0.717, 1.165) is 4.90 Å². The summed E-state index contributed by atoms with van der Waals surface area (Å²) in [6, 6.07) is 9.25. The summed E-state index contributed by atoms with van der Waals surface area (Å²) in [5.74, 6) is -0.286. The number of carbonyl (C=O) groups excluding carboxylic acids is 2. The summed E-state index contributed by atoms with van der Waals surface area (Å²) in [5.41, 5.74) is 3.83. The van der Waals surface area contributed by atoms with Gasteiger partial charge >= 0.3 is 0 Å². The van der Waals surface area contributed by atoms with Crippen LogP contribution in [0.4, 0.5) is 11.4 Å². The molecule has 1 N–H and O–H groups in total. The summed E-state index contributed by atoms with van der Waals surface area (Å²) in [5, 5.41) is 11.2. The SMILES string of the molecule is COc1ccc(C2=C3C(=O)N(c4cccc([N+](=O)[O-])c4C)C(=O)[C@@H]3ON2)cc1OC. The standard InChI is InChI=1S/C20H17N3O7/c1-10-12(5-4-6-13(10)23(26)27)22-19(24)16-17(21-30-18(16)20(22)25)11-7-8-14(28-2)15(9-11)29-3/h4-9,18,21H,1-3H3/t18-/m1/s1. The van der Waals surface area contributed by atoms with Crippen LogP contribution in [0.15, 0.2) is 42.0 Å². The largest absolute Gasteiger partial charge is 0.493 e. The number of imide groups is 1. The Hall–Kier alpha value is -3.92. The van der Waals surface area contributed by atoms with Crippen molar-refractivity contribution in [1.29, 1.82) is 0 Å². The van der Waals surface area contributed by atoms with Crippen LogP contribution in [0, 0.1) is 17.0 Å². The first-order chi connectivity index (χ1) is 14.4. The molecule has 1 fully saturated rings. The highest BCUT2D eigenvalue weighted by Gasteiger charge is 2.51. The van der Waals surface area contributed by atoms with Crippen LogP contribution in [0.2, 0.25) is 0 Å². The molecule has 0 unspecified atom stereocenters. The molecule has 0 spiro atoms. The van der Waals surface area contributed by atoms with Crippen LogP contribution in [0.1, 0.15) is 11.1 Å². The van der Waals surface area contributed by atoms with E-state index in [9.17, 15) is 19.7 Å². The number of amides is 2. The zero-order chi connectivity index (χ0) is 21.6. The highest BCUT2D eigenvalue weighted by Crippen LogP contribution is 2.40. The van der Waals surface area contributed by atoms with Gasteiger partial charge in [-0.25, -0.2) is 4.90 Å². The molecule has 154 valence electrons. The lowest BCUT2D eigenvalue weighted by molar-refractivity contribution is -0.385. The fourth-order valence-corrected chi connectivity index (χ4v) is 3.58. The summed E-state index contributed by atoms with van der Waals surface area (Å²) < 4.78 is 10.5. The third-order valence-electron chi connectivity index (χ3n) is 5.07. The van der Waals surface area contributed by atoms with E-state index in [2.05, 4.69) is 5.48 Å². The van der Waals surface area contributed by atoms with Gasteiger partial charge in [-0.1, -0.05) is 6.07 Å². The van der Waals surface area contributed by atoms with E-state index >= 15 is 0 Å². The van der Waals surface area contributed by atoms with Crippen molar-refractivity contribution in [1.82, 2.24) is 5.48 Å². The minimum atomic E-state index is -1.15. The van der Waals surface area contributed by atoms with Gasteiger partial charge in [0.2, 0.25) is 0 Å². The number of methoxy groups -OCH3 is 2. The normalized spacial score (nSPS) is 17.8. The molecule has 2 aromatic carbocycles. The molecule has 0 aliphatic carbocycles. The maximum Gasteiger partial charge on any atom is 0.274 e. The Morgan fingerprint density at radius 3 is 2.53 bits per heavy atom. The van der Waals surface area contributed by atoms with E-state index in [1.54, 1.807) is 18.2 Å². The van der Waals surface area contributed by atoms with Gasteiger partial charge in [0.1, 0.15) is 0 Å². The van der Waals surface area contributed by atoms with Crippen LogP contribution < -0.4 is 19.9 Å². The van der Waals surface area contributed by atoms with Crippen molar-refractivity contribution in [2.24, 2.45) is 0 Å². The van der Waals surface area contributed by atoms with Crippen molar-refractivity contribution < 1.29 is 28.8 Å². The number of benzene rings is 2. The molecule has 1 atom stereocenters. The molecule has 0 radical (unpaired) electrons. The summed E-state index contributed by atoms with van der Waals surface area (Å²) in [4.78, 5) is 43.1. The molecule has 1 saturated heterocycles. The number of nitro benzene ring substituents is 1. The minimum Gasteiger partial charge on any atom is -0.493 e. The molecular weight excluding hydrogens is 394 g/mol. The Morgan fingerprint density at radius 2 is 1.87 bits per heavy atom. The van der Waals surface area contributed by atoms with Crippen molar-refractivity contribution in [3.63, 3.8) is 0 Å². The predicted molar refractivity (Wildman–Crippen MR) is 105 cm³/mol. The summed E-state index contributed by atoms with van der Waals surface area (Å²) in [6.45, 7) is 1.49. The molecule has 2 aliphatic rings. The summed E-state index contributed by atoms with van der Waals surface area (Å²) in [6.07, 6.45) is -1.15. The topological polar surface area (TPSA) is 120 Å². The molecule has 10 heteroatoms. The van der Waals surface area contributed by atoms with Crippen molar-refractivity contribution in [2.75, 3.05) is 19.1 Å². The van der Waals surface area contributed by atoms with Gasteiger partial charge in [-0.3, -0.25) is 30.0 Å². The second-order valence-electron chi connectivity index (χ2n) is 6.62. The molecule has 2 amide bonds. The monoisotopic (exact) mass is 411 g/mol. The highest BCUT2D eigenvalue weighted by molar-refractivity contribution is 6.33. The quantitative estimate of drug-likeness (QED) is 0.451. The van der Waals surface area contributed by atoms with Crippen molar-refractivity contribution in [3.05, 3.63) is 63.2 Å².